The average molecular weight is 282 g/mol. The van der Waals surface area contributed by atoms with Gasteiger partial charge in [-0.15, -0.1) is 0 Å². The number of hydrogen-bond donors (Lipinski definition) is 3. The smallest absolute Gasteiger partial charge is 0.339 e. The third-order valence-corrected chi connectivity index (χ3v) is 2.97. The van der Waals surface area contributed by atoms with Crippen molar-refractivity contribution in [2.24, 2.45) is 0 Å². The van der Waals surface area contributed by atoms with E-state index in [1.165, 1.54) is 18.3 Å². The number of carbonyl (C=O) groups is 2. The lowest BCUT2D eigenvalue weighted by Crippen LogP contribution is -2.15. The molecule has 7 nitrogen and oxygen atoms in total. The molecule has 0 unspecified atom stereocenters. The number of H-pyrrole nitrogens is 1. The maximum absolute atomic E-state index is 12.2. The molecule has 104 valence electrons. The summed E-state index contributed by atoms with van der Waals surface area (Å²) in [7, 11) is 0. The van der Waals surface area contributed by atoms with Crippen LogP contribution in [0.15, 0.2) is 42.7 Å². The van der Waals surface area contributed by atoms with Crippen LogP contribution in [0.2, 0.25) is 0 Å². The van der Waals surface area contributed by atoms with E-state index in [0.717, 1.165) is 10.9 Å². The Morgan fingerprint density at radius 1 is 1.24 bits per heavy atom. The van der Waals surface area contributed by atoms with Crippen molar-refractivity contribution in [1.82, 2.24) is 15.2 Å². The van der Waals surface area contributed by atoms with Gasteiger partial charge in [0.25, 0.3) is 5.91 Å². The fraction of sp³-hybridized carbons (Fsp3) is 0. The number of nitrogens with zero attached hydrogens (tertiary/aromatic N) is 2. The highest BCUT2D eigenvalue weighted by Gasteiger charge is 2.14. The zero-order valence-corrected chi connectivity index (χ0v) is 10.7. The van der Waals surface area contributed by atoms with E-state index in [1.54, 1.807) is 24.4 Å². The number of pyridine rings is 1. The highest BCUT2D eigenvalue weighted by Crippen LogP contribution is 2.16. The van der Waals surface area contributed by atoms with E-state index >= 15 is 0 Å². The van der Waals surface area contributed by atoms with Crippen molar-refractivity contribution >= 4 is 28.6 Å². The Kier molecular flexibility index (Phi) is 3.07. The van der Waals surface area contributed by atoms with Gasteiger partial charge in [-0.05, 0) is 30.3 Å². The van der Waals surface area contributed by atoms with Gasteiger partial charge in [0, 0.05) is 17.1 Å². The quantitative estimate of drug-likeness (QED) is 0.680. The van der Waals surface area contributed by atoms with Gasteiger partial charge < -0.3 is 10.4 Å². The molecule has 3 aromatic rings. The molecule has 21 heavy (non-hydrogen) atoms. The van der Waals surface area contributed by atoms with E-state index < -0.39 is 11.9 Å². The van der Waals surface area contributed by atoms with Gasteiger partial charge in [-0.3, -0.25) is 9.89 Å². The lowest BCUT2D eigenvalue weighted by molar-refractivity contribution is 0.0697. The number of aromatic nitrogens is 3. The van der Waals surface area contributed by atoms with E-state index in [9.17, 15) is 9.59 Å². The van der Waals surface area contributed by atoms with Crippen LogP contribution < -0.4 is 5.32 Å². The summed E-state index contributed by atoms with van der Waals surface area (Å²) < 4.78 is 0. The van der Waals surface area contributed by atoms with Gasteiger partial charge in [0.2, 0.25) is 0 Å². The monoisotopic (exact) mass is 282 g/mol. The Balaban J connectivity index is 1.91. The molecule has 0 aliphatic heterocycles. The van der Waals surface area contributed by atoms with Crippen molar-refractivity contribution in [1.29, 1.82) is 0 Å². The van der Waals surface area contributed by atoms with Crippen molar-refractivity contribution in [3.8, 4) is 0 Å². The van der Waals surface area contributed by atoms with Crippen molar-refractivity contribution in [3.63, 3.8) is 0 Å². The Bertz CT molecular complexity index is 841. The van der Waals surface area contributed by atoms with Gasteiger partial charge in [-0.2, -0.15) is 5.10 Å². The number of nitrogens with one attached hydrogen (secondary N) is 2. The summed E-state index contributed by atoms with van der Waals surface area (Å²) in [6.07, 6.45) is 3.02. The number of rotatable bonds is 3. The van der Waals surface area contributed by atoms with Crippen LogP contribution in [0.25, 0.3) is 10.9 Å². The second-order valence-electron chi connectivity index (χ2n) is 4.33. The maximum atomic E-state index is 12.2. The first kappa shape index (κ1) is 12.8. The number of carbonyl (C=O) groups excluding carboxylic acids is 1. The summed E-state index contributed by atoms with van der Waals surface area (Å²) in [5.74, 6) is -1.56. The van der Waals surface area contributed by atoms with Crippen LogP contribution in [0.1, 0.15) is 20.7 Å². The lowest BCUT2D eigenvalue weighted by atomic mass is 10.1. The maximum Gasteiger partial charge on any atom is 0.339 e. The van der Waals surface area contributed by atoms with E-state index in [0.29, 0.717) is 5.56 Å². The molecule has 1 amide bonds. The molecule has 0 saturated carbocycles. The Labute approximate surface area is 118 Å². The fourth-order valence-electron chi connectivity index (χ4n) is 1.94. The zero-order valence-electron chi connectivity index (χ0n) is 10.7. The van der Waals surface area contributed by atoms with E-state index in [2.05, 4.69) is 20.5 Å². The van der Waals surface area contributed by atoms with Gasteiger partial charge in [-0.1, -0.05) is 0 Å². The number of anilines is 1. The SMILES string of the molecule is O=C(Nc1ncccc1C(=O)O)c1ccc2[nH]ncc2c1. The molecule has 1 aromatic carbocycles. The van der Waals surface area contributed by atoms with Crippen LogP contribution in [0.4, 0.5) is 5.82 Å². The summed E-state index contributed by atoms with van der Waals surface area (Å²) in [5.41, 5.74) is 1.15. The molecule has 3 rings (SSSR count). The standard InChI is InChI=1S/C14H10N4O3/c19-13(8-3-4-11-9(6-8)7-16-18-11)17-12-10(14(20)21)2-1-5-15-12/h1-7H,(H,16,18)(H,20,21)(H,15,17,19). The van der Waals surface area contributed by atoms with Crippen molar-refractivity contribution in [2.75, 3.05) is 5.32 Å². The van der Waals surface area contributed by atoms with Crippen molar-refractivity contribution in [2.45, 2.75) is 0 Å². The number of benzene rings is 1. The number of aromatic amines is 1. The molecule has 2 heterocycles. The molecule has 0 aliphatic rings. The molecule has 0 bridgehead atoms. The summed E-state index contributed by atoms with van der Waals surface area (Å²) in [4.78, 5) is 27.1. The van der Waals surface area contributed by atoms with Gasteiger partial charge in [-0.25, -0.2) is 9.78 Å². The predicted molar refractivity (Wildman–Crippen MR) is 75.2 cm³/mol. The third-order valence-electron chi connectivity index (χ3n) is 2.97. The molecule has 7 heteroatoms. The minimum absolute atomic E-state index is 0.0160. The second kappa shape index (κ2) is 5.04. The summed E-state index contributed by atoms with van der Waals surface area (Å²) >= 11 is 0. The average Bonchev–Trinajstić information content (AvgIpc) is 2.94. The Morgan fingerprint density at radius 2 is 2.10 bits per heavy atom. The Morgan fingerprint density at radius 3 is 2.90 bits per heavy atom. The predicted octanol–water partition coefficient (Wildman–Crippen LogP) is 1.91. The number of hydrogen-bond acceptors (Lipinski definition) is 4. The molecule has 0 radical (unpaired) electrons. The number of amides is 1. The molecule has 0 saturated heterocycles. The van der Waals surface area contributed by atoms with Crippen LogP contribution in [0.3, 0.4) is 0 Å². The van der Waals surface area contributed by atoms with E-state index in [1.807, 2.05) is 0 Å². The first-order valence-electron chi connectivity index (χ1n) is 6.08. The molecular formula is C14H10N4O3. The van der Waals surface area contributed by atoms with Gasteiger partial charge >= 0.3 is 5.97 Å². The number of aromatic carboxylic acids is 1. The fourth-order valence-corrected chi connectivity index (χ4v) is 1.94. The van der Waals surface area contributed by atoms with Gasteiger partial charge in [0.1, 0.15) is 11.4 Å². The third kappa shape index (κ3) is 2.44. The van der Waals surface area contributed by atoms with Crippen molar-refractivity contribution < 1.29 is 14.7 Å². The minimum Gasteiger partial charge on any atom is -0.478 e. The molecule has 0 aliphatic carbocycles. The molecule has 0 atom stereocenters. The number of carboxylic acid groups (broad SMARTS) is 1. The molecule has 0 fully saturated rings. The highest BCUT2D eigenvalue weighted by atomic mass is 16.4. The topological polar surface area (TPSA) is 108 Å². The van der Waals surface area contributed by atoms with Gasteiger partial charge in [0.05, 0.1) is 11.7 Å². The normalized spacial score (nSPS) is 10.5. The van der Waals surface area contributed by atoms with Crippen LogP contribution in [-0.2, 0) is 0 Å². The van der Waals surface area contributed by atoms with E-state index in [-0.39, 0.29) is 11.4 Å². The van der Waals surface area contributed by atoms with Crippen molar-refractivity contribution in [3.05, 3.63) is 53.9 Å². The summed E-state index contributed by atoms with van der Waals surface area (Å²) in [5, 5.41) is 19.0. The number of carboxylic acids is 1. The van der Waals surface area contributed by atoms with E-state index in [4.69, 9.17) is 5.11 Å². The minimum atomic E-state index is -1.15. The van der Waals surface area contributed by atoms with Crippen LogP contribution in [-0.4, -0.2) is 32.2 Å². The Hall–Kier alpha value is -3.22. The number of fused-ring (bicyclic) bond motifs is 1. The largest absolute Gasteiger partial charge is 0.478 e. The lowest BCUT2D eigenvalue weighted by Gasteiger charge is -2.07. The molecule has 2 aromatic heterocycles. The van der Waals surface area contributed by atoms with Crippen LogP contribution in [0, 0.1) is 0 Å². The first-order valence-corrected chi connectivity index (χ1v) is 6.08. The van der Waals surface area contributed by atoms with Crippen LogP contribution in [0.5, 0.6) is 0 Å². The molecular weight excluding hydrogens is 272 g/mol. The molecule has 0 spiro atoms. The first-order chi connectivity index (χ1) is 10.1. The highest BCUT2D eigenvalue weighted by molar-refractivity contribution is 6.08. The summed E-state index contributed by atoms with van der Waals surface area (Å²) in [6, 6.07) is 7.89. The zero-order chi connectivity index (χ0) is 14.8. The summed E-state index contributed by atoms with van der Waals surface area (Å²) in [6.45, 7) is 0. The second-order valence-corrected chi connectivity index (χ2v) is 4.33. The van der Waals surface area contributed by atoms with Crippen LogP contribution >= 0.6 is 0 Å². The van der Waals surface area contributed by atoms with Gasteiger partial charge in [0.15, 0.2) is 0 Å². The molecule has 3 N–H and O–H groups in total.